The Balaban J connectivity index is 3.01. The van der Waals surface area contributed by atoms with E-state index in [1.807, 2.05) is 13.8 Å². The lowest BCUT2D eigenvalue weighted by Crippen LogP contribution is -2.34. The van der Waals surface area contributed by atoms with Gasteiger partial charge in [0.05, 0.1) is 6.04 Å². The largest absolute Gasteiger partial charge is 0.337 e. The van der Waals surface area contributed by atoms with Crippen molar-refractivity contribution in [3.63, 3.8) is 0 Å². The van der Waals surface area contributed by atoms with Crippen LogP contribution in [0.25, 0.3) is 0 Å². The molecule has 0 saturated carbocycles. The summed E-state index contributed by atoms with van der Waals surface area (Å²) in [7, 11) is 1.72. The molecule has 0 spiro atoms. The van der Waals surface area contributed by atoms with Gasteiger partial charge in [0.2, 0.25) is 5.91 Å². The number of hydrogen-bond acceptors (Lipinski definition) is 1. The number of benzene rings is 1. The van der Waals surface area contributed by atoms with E-state index in [2.05, 4.69) is 0 Å². The van der Waals surface area contributed by atoms with Gasteiger partial charge >= 0.3 is 0 Å². The average molecular weight is 258 g/mol. The molecular formula is C13H17ClFNO. The topological polar surface area (TPSA) is 20.3 Å². The van der Waals surface area contributed by atoms with Crippen LogP contribution < -0.4 is 0 Å². The highest BCUT2D eigenvalue weighted by Gasteiger charge is 2.23. The summed E-state index contributed by atoms with van der Waals surface area (Å²) in [6.45, 7) is 4.04. The third-order valence-corrected chi connectivity index (χ3v) is 3.00. The normalized spacial score (nSPS) is 12.6. The zero-order chi connectivity index (χ0) is 13.0. The lowest BCUT2D eigenvalue weighted by atomic mass is 9.94. The van der Waals surface area contributed by atoms with Gasteiger partial charge in [-0.2, -0.15) is 0 Å². The smallest absolute Gasteiger partial charge is 0.237 e. The Hall–Kier alpha value is -1.09. The van der Waals surface area contributed by atoms with Crippen molar-refractivity contribution in [2.75, 3.05) is 12.9 Å². The predicted octanol–water partition coefficient (Wildman–Crippen LogP) is 3.22. The molecule has 17 heavy (non-hydrogen) atoms. The van der Waals surface area contributed by atoms with E-state index in [-0.39, 0.29) is 29.6 Å². The van der Waals surface area contributed by atoms with Crippen LogP contribution in [0.3, 0.4) is 0 Å². The molecule has 1 aromatic carbocycles. The first-order valence-corrected chi connectivity index (χ1v) is 6.08. The minimum Gasteiger partial charge on any atom is -0.337 e. The second kappa shape index (κ2) is 6.01. The molecule has 0 radical (unpaired) electrons. The number of rotatable bonds is 4. The highest BCUT2D eigenvalue weighted by Crippen LogP contribution is 2.27. The van der Waals surface area contributed by atoms with Gasteiger partial charge in [0.15, 0.2) is 0 Å². The zero-order valence-corrected chi connectivity index (χ0v) is 11.0. The first kappa shape index (κ1) is 14.0. The average Bonchev–Trinajstić information content (AvgIpc) is 2.30. The van der Waals surface area contributed by atoms with Crippen LogP contribution in [0.1, 0.15) is 25.5 Å². The van der Waals surface area contributed by atoms with Gasteiger partial charge in [0.1, 0.15) is 11.7 Å². The van der Waals surface area contributed by atoms with E-state index in [0.29, 0.717) is 0 Å². The lowest BCUT2D eigenvalue weighted by Gasteiger charge is -2.31. The number of nitrogens with zero attached hydrogens (tertiary/aromatic N) is 1. The highest BCUT2D eigenvalue weighted by atomic mass is 35.5. The maximum absolute atomic E-state index is 12.9. The molecule has 1 aromatic rings. The SMILES string of the molecule is CC(C)C(c1ccc(F)cc1)N(C)C(=O)CCl. The molecule has 0 heterocycles. The molecule has 0 aliphatic heterocycles. The minimum absolute atomic E-state index is 0.0408. The Labute approximate surface area is 106 Å². The maximum atomic E-state index is 12.9. The van der Waals surface area contributed by atoms with Gasteiger partial charge in [-0.3, -0.25) is 4.79 Å². The molecule has 0 N–H and O–H groups in total. The van der Waals surface area contributed by atoms with E-state index in [9.17, 15) is 9.18 Å². The van der Waals surface area contributed by atoms with Crippen LogP contribution in [0.4, 0.5) is 4.39 Å². The highest BCUT2D eigenvalue weighted by molar-refractivity contribution is 6.27. The van der Waals surface area contributed by atoms with Crippen LogP contribution in [-0.2, 0) is 4.79 Å². The van der Waals surface area contributed by atoms with Crippen molar-refractivity contribution in [2.45, 2.75) is 19.9 Å². The molecule has 1 amide bonds. The van der Waals surface area contributed by atoms with Crippen molar-refractivity contribution in [1.29, 1.82) is 0 Å². The van der Waals surface area contributed by atoms with Gasteiger partial charge in [-0.25, -0.2) is 4.39 Å². The summed E-state index contributed by atoms with van der Waals surface area (Å²) < 4.78 is 12.9. The Morgan fingerprint density at radius 2 is 1.88 bits per heavy atom. The summed E-state index contributed by atoms with van der Waals surface area (Å²) in [5, 5.41) is 0. The predicted molar refractivity (Wildman–Crippen MR) is 67.5 cm³/mol. The summed E-state index contributed by atoms with van der Waals surface area (Å²) in [5.41, 5.74) is 0.919. The van der Waals surface area contributed by atoms with E-state index < -0.39 is 0 Å². The first-order valence-electron chi connectivity index (χ1n) is 5.54. The van der Waals surface area contributed by atoms with Crippen LogP contribution in [0.15, 0.2) is 24.3 Å². The quantitative estimate of drug-likeness (QED) is 0.759. The number of alkyl halides is 1. The Kier molecular flexibility index (Phi) is 4.94. The van der Waals surface area contributed by atoms with Gasteiger partial charge < -0.3 is 4.90 Å². The standard InChI is InChI=1S/C13H17ClFNO/c1-9(2)13(16(3)12(17)8-14)10-4-6-11(15)7-5-10/h4-7,9,13H,8H2,1-3H3. The number of hydrogen-bond donors (Lipinski definition) is 0. The fourth-order valence-corrected chi connectivity index (χ4v) is 2.15. The second-order valence-electron chi connectivity index (χ2n) is 4.38. The number of halogens is 2. The summed E-state index contributed by atoms with van der Waals surface area (Å²) in [6.07, 6.45) is 0. The summed E-state index contributed by atoms with van der Waals surface area (Å²) in [4.78, 5) is 13.2. The maximum Gasteiger partial charge on any atom is 0.237 e. The van der Waals surface area contributed by atoms with Crippen LogP contribution in [0, 0.1) is 11.7 Å². The van der Waals surface area contributed by atoms with Crippen molar-refractivity contribution < 1.29 is 9.18 Å². The molecule has 94 valence electrons. The van der Waals surface area contributed by atoms with Gasteiger partial charge in [0.25, 0.3) is 0 Å². The van der Waals surface area contributed by atoms with E-state index in [1.54, 1.807) is 24.1 Å². The van der Waals surface area contributed by atoms with Crippen molar-refractivity contribution in [3.8, 4) is 0 Å². The van der Waals surface area contributed by atoms with E-state index in [0.717, 1.165) is 5.56 Å². The summed E-state index contributed by atoms with van der Waals surface area (Å²) >= 11 is 5.56. The Morgan fingerprint density at radius 3 is 2.29 bits per heavy atom. The fraction of sp³-hybridized carbons (Fsp3) is 0.462. The molecule has 4 heteroatoms. The third kappa shape index (κ3) is 3.43. The number of carbonyl (C=O) groups excluding carboxylic acids is 1. The van der Waals surface area contributed by atoms with Crippen LogP contribution in [0.5, 0.6) is 0 Å². The van der Waals surface area contributed by atoms with E-state index >= 15 is 0 Å². The number of carbonyl (C=O) groups is 1. The molecule has 1 unspecified atom stereocenters. The minimum atomic E-state index is -0.275. The molecular weight excluding hydrogens is 241 g/mol. The van der Waals surface area contributed by atoms with Gasteiger partial charge in [-0.15, -0.1) is 11.6 Å². The molecule has 0 aliphatic carbocycles. The van der Waals surface area contributed by atoms with Crippen molar-refractivity contribution in [1.82, 2.24) is 4.90 Å². The molecule has 0 aromatic heterocycles. The molecule has 1 rings (SSSR count). The lowest BCUT2D eigenvalue weighted by molar-refractivity contribution is -0.130. The third-order valence-electron chi connectivity index (χ3n) is 2.77. The van der Waals surface area contributed by atoms with Gasteiger partial charge in [-0.05, 0) is 23.6 Å². The Bertz CT molecular complexity index is 378. The monoisotopic (exact) mass is 257 g/mol. The number of amides is 1. The van der Waals surface area contributed by atoms with Crippen molar-refractivity contribution >= 4 is 17.5 Å². The summed E-state index contributed by atoms with van der Waals surface area (Å²) in [6, 6.07) is 6.14. The van der Waals surface area contributed by atoms with Crippen molar-refractivity contribution in [3.05, 3.63) is 35.6 Å². The molecule has 0 bridgehead atoms. The van der Waals surface area contributed by atoms with E-state index in [4.69, 9.17) is 11.6 Å². The van der Waals surface area contributed by atoms with Gasteiger partial charge in [-0.1, -0.05) is 26.0 Å². The fourth-order valence-electron chi connectivity index (χ4n) is 1.97. The van der Waals surface area contributed by atoms with Crippen LogP contribution in [-0.4, -0.2) is 23.7 Å². The van der Waals surface area contributed by atoms with Crippen molar-refractivity contribution in [2.24, 2.45) is 5.92 Å². The molecule has 0 aliphatic rings. The molecule has 1 atom stereocenters. The first-order chi connectivity index (χ1) is 7.97. The second-order valence-corrected chi connectivity index (χ2v) is 4.65. The van der Waals surface area contributed by atoms with Crippen LogP contribution in [0.2, 0.25) is 0 Å². The van der Waals surface area contributed by atoms with E-state index in [1.165, 1.54) is 12.1 Å². The van der Waals surface area contributed by atoms with Crippen LogP contribution >= 0.6 is 11.6 Å². The molecule has 0 fully saturated rings. The van der Waals surface area contributed by atoms with Gasteiger partial charge in [0, 0.05) is 7.05 Å². The molecule has 0 saturated heterocycles. The summed E-state index contributed by atoms with van der Waals surface area (Å²) in [5.74, 6) is -0.212. The zero-order valence-electron chi connectivity index (χ0n) is 10.3. The Morgan fingerprint density at radius 1 is 1.35 bits per heavy atom. The molecule has 2 nitrogen and oxygen atoms in total.